The van der Waals surface area contributed by atoms with Gasteiger partial charge in [0, 0.05) is 17.7 Å². The predicted octanol–water partition coefficient (Wildman–Crippen LogP) is 4.69. The number of carbonyl (C=O) groups is 2. The number of rotatable bonds is 6. The molecule has 1 heterocycles. The zero-order chi connectivity index (χ0) is 21.6. The SMILES string of the molecule is COc1ccccc1C=C1Oc2ccc(C(=O)NCCC3=CCCCC3)cc2NC1=O. The molecule has 0 radical (unpaired) electrons. The first-order valence-electron chi connectivity index (χ1n) is 10.6. The Morgan fingerprint density at radius 3 is 2.90 bits per heavy atom. The Bertz CT molecular complexity index is 1060. The minimum Gasteiger partial charge on any atom is -0.496 e. The summed E-state index contributed by atoms with van der Waals surface area (Å²) in [6.07, 6.45) is 9.57. The number of methoxy groups -OCH3 is 1. The molecule has 0 fully saturated rings. The van der Waals surface area contributed by atoms with Crippen molar-refractivity contribution in [2.24, 2.45) is 0 Å². The van der Waals surface area contributed by atoms with E-state index in [1.54, 1.807) is 31.4 Å². The number of amides is 2. The maximum atomic E-state index is 12.5. The summed E-state index contributed by atoms with van der Waals surface area (Å²) in [5.41, 5.74) is 3.12. The highest BCUT2D eigenvalue weighted by Gasteiger charge is 2.23. The average Bonchev–Trinajstić information content (AvgIpc) is 2.80. The number of hydrogen-bond donors (Lipinski definition) is 2. The fourth-order valence-electron chi connectivity index (χ4n) is 3.80. The number of fused-ring (bicyclic) bond motifs is 1. The van der Waals surface area contributed by atoms with Crippen LogP contribution in [0.3, 0.4) is 0 Å². The quantitative estimate of drug-likeness (QED) is 0.527. The minimum atomic E-state index is -0.375. The van der Waals surface area contributed by atoms with Crippen LogP contribution in [0.5, 0.6) is 11.5 Å². The zero-order valence-electron chi connectivity index (χ0n) is 17.6. The van der Waals surface area contributed by atoms with Crippen LogP contribution in [0, 0.1) is 0 Å². The molecule has 2 N–H and O–H groups in total. The molecule has 2 amide bonds. The number of ether oxygens (including phenoxy) is 2. The van der Waals surface area contributed by atoms with Crippen LogP contribution in [0.15, 0.2) is 59.9 Å². The lowest BCUT2D eigenvalue weighted by Gasteiger charge is -2.21. The van der Waals surface area contributed by atoms with Gasteiger partial charge in [-0.15, -0.1) is 0 Å². The molecule has 0 saturated carbocycles. The molecule has 2 aliphatic rings. The number of nitrogens with one attached hydrogen (secondary N) is 2. The minimum absolute atomic E-state index is 0.162. The van der Waals surface area contributed by atoms with E-state index in [9.17, 15) is 9.59 Å². The van der Waals surface area contributed by atoms with E-state index in [0.29, 0.717) is 29.3 Å². The molecular weight excluding hydrogens is 392 g/mol. The van der Waals surface area contributed by atoms with Crippen molar-refractivity contribution in [3.63, 3.8) is 0 Å². The summed E-state index contributed by atoms with van der Waals surface area (Å²) in [4.78, 5) is 25.1. The fraction of sp³-hybridized carbons (Fsp3) is 0.280. The average molecular weight is 418 g/mol. The third-order valence-corrected chi connectivity index (χ3v) is 5.48. The van der Waals surface area contributed by atoms with E-state index in [-0.39, 0.29) is 17.6 Å². The molecule has 31 heavy (non-hydrogen) atoms. The molecule has 1 aliphatic heterocycles. The van der Waals surface area contributed by atoms with E-state index in [1.807, 2.05) is 24.3 Å². The predicted molar refractivity (Wildman–Crippen MR) is 120 cm³/mol. The summed E-state index contributed by atoms with van der Waals surface area (Å²) >= 11 is 0. The molecule has 2 aromatic rings. The van der Waals surface area contributed by atoms with Crippen LogP contribution in [0.4, 0.5) is 5.69 Å². The monoisotopic (exact) mass is 418 g/mol. The van der Waals surface area contributed by atoms with Gasteiger partial charge in [-0.1, -0.05) is 29.8 Å². The highest BCUT2D eigenvalue weighted by atomic mass is 16.5. The van der Waals surface area contributed by atoms with Gasteiger partial charge in [0.1, 0.15) is 5.75 Å². The highest BCUT2D eigenvalue weighted by molar-refractivity contribution is 6.09. The number of carbonyl (C=O) groups excluding carboxylic acids is 2. The van der Waals surface area contributed by atoms with Gasteiger partial charge in [-0.2, -0.15) is 0 Å². The zero-order valence-corrected chi connectivity index (χ0v) is 17.6. The Hall–Kier alpha value is -3.54. The Labute approximate surface area is 181 Å². The molecule has 0 unspecified atom stereocenters. The molecule has 2 aromatic carbocycles. The molecule has 4 rings (SSSR count). The summed E-state index contributed by atoms with van der Waals surface area (Å²) in [5, 5.41) is 5.77. The molecule has 0 spiro atoms. The topological polar surface area (TPSA) is 76.7 Å². The van der Waals surface area contributed by atoms with Gasteiger partial charge < -0.3 is 20.1 Å². The first kappa shape index (κ1) is 20.7. The van der Waals surface area contributed by atoms with E-state index in [4.69, 9.17) is 9.47 Å². The highest BCUT2D eigenvalue weighted by Crippen LogP contribution is 2.33. The third-order valence-electron chi connectivity index (χ3n) is 5.48. The summed E-state index contributed by atoms with van der Waals surface area (Å²) in [7, 11) is 1.58. The van der Waals surface area contributed by atoms with Gasteiger partial charge in [-0.05, 0) is 62.4 Å². The number of hydrogen-bond acceptors (Lipinski definition) is 4. The van der Waals surface area contributed by atoms with E-state index >= 15 is 0 Å². The Kier molecular flexibility index (Phi) is 6.36. The maximum absolute atomic E-state index is 12.5. The van der Waals surface area contributed by atoms with Crippen LogP contribution in [-0.4, -0.2) is 25.5 Å². The lowest BCUT2D eigenvalue weighted by atomic mass is 9.97. The van der Waals surface area contributed by atoms with Gasteiger partial charge >= 0.3 is 0 Å². The first-order valence-corrected chi connectivity index (χ1v) is 10.6. The first-order chi connectivity index (χ1) is 15.1. The lowest BCUT2D eigenvalue weighted by molar-refractivity contribution is -0.115. The molecule has 0 aromatic heterocycles. The van der Waals surface area contributed by atoms with Crippen LogP contribution in [-0.2, 0) is 4.79 Å². The second-order valence-electron chi connectivity index (χ2n) is 7.63. The normalized spacial score (nSPS) is 16.6. The number of anilines is 1. The van der Waals surface area contributed by atoms with Crippen molar-refractivity contribution in [1.29, 1.82) is 0 Å². The molecule has 6 nitrogen and oxygen atoms in total. The maximum Gasteiger partial charge on any atom is 0.291 e. The molecule has 0 bridgehead atoms. The summed E-state index contributed by atoms with van der Waals surface area (Å²) in [5.74, 6) is 0.761. The van der Waals surface area contributed by atoms with Gasteiger partial charge in [0.15, 0.2) is 11.5 Å². The van der Waals surface area contributed by atoms with Crippen LogP contribution in [0.2, 0.25) is 0 Å². The van der Waals surface area contributed by atoms with Crippen molar-refractivity contribution in [2.45, 2.75) is 32.1 Å². The summed E-state index contributed by atoms with van der Waals surface area (Å²) in [6.45, 7) is 0.608. The van der Waals surface area contributed by atoms with E-state index in [2.05, 4.69) is 16.7 Å². The molecule has 0 atom stereocenters. The van der Waals surface area contributed by atoms with Crippen LogP contribution >= 0.6 is 0 Å². The van der Waals surface area contributed by atoms with Gasteiger partial charge in [0.2, 0.25) is 0 Å². The van der Waals surface area contributed by atoms with E-state index < -0.39 is 0 Å². The van der Waals surface area contributed by atoms with Crippen molar-refractivity contribution in [1.82, 2.24) is 5.32 Å². The van der Waals surface area contributed by atoms with Crippen LogP contribution in [0.1, 0.15) is 48.0 Å². The van der Waals surface area contributed by atoms with Gasteiger partial charge in [-0.3, -0.25) is 9.59 Å². The Morgan fingerprint density at radius 2 is 2.10 bits per heavy atom. The third kappa shape index (κ3) is 4.97. The molecule has 1 aliphatic carbocycles. The smallest absolute Gasteiger partial charge is 0.291 e. The molecule has 160 valence electrons. The largest absolute Gasteiger partial charge is 0.496 e. The number of benzene rings is 2. The van der Waals surface area contributed by atoms with Crippen molar-refractivity contribution in [3.8, 4) is 11.5 Å². The second kappa shape index (κ2) is 9.51. The van der Waals surface area contributed by atoms with E-state index in [0.717, 1.165) is 24.8 Å². The molecular formula is C25H26N2O4. The van der Waals surface area contributed by atoms with Crippen molar-refractivity contribution in [3.05, 3.63) is 71.0 Å². The fourth-order valence-corrected chi connectivity index (χ4v) is 3.80. The van der Waals surface area contributed by atoms with Crippen molar-refractivity contribution in [2.75, 3.05) is 19.0 Å². The summed E-state index contributed by atoms with van der Waals surface area (Å²) < 4.78 is 11.1. The lowest BCUT2D eigenvalue weighted by Crippen LogP contribution is -2.26. The summed E-state index contributed by atoms with van der Waals surface area (Å²) in [6, 6.07) is 12.4. The molecule has 6 heteroatoms. The second-order valence-corrected chi connectivity index (χ2v) is 7.63. The number of allylic oxidation sites excluding steroid dienone is 1. The van der Waals surface area contributed by atoms with Crippen LogP contribution < -0.4 is 20.1 Å². The van der Waals surface area contributed by atoms with Gasteiger partial charge in [0.25, 0.3) is 11.8 Å². The number of para-hydroxylation sites is 1. The van der Waals surface area contributed by atoms with Crippen LogP contribution in [0.25, 0.3) is 6.08 Å². The van der Waals surface area contributed by atoms with Crippen molar-refractivity contribution < 1.29 is 19.1 Å². The molecule has 0 saturated heterocycles. The van der Waals surface area contributed by atoms with E-state index in [1.165, 1.54) is 18.4 Å². The van der Waals surface area contributed by atoms with Gasteiger partial charge in [0.05, 0.1) is 12.8 Å². The Morgan fingerprint density at radius 1 is 1.23 bits per heavy atom. The Balaban J connectivity index is 1.43. The van der Waals surface area contributed by atoms with Gasteiger partial charge in [-0.25, -0.2) is 0 Å². The van der Waals surface area contributed by atoms with Crippen molar-refractivity contribution >= 4 is 23.6 Å². The standard InChI is InChI=1S/C25H26N2O4/c1-30-21-10-6-5-9-18(21)16-23-25(29)27-20-15-19(11-12-22(20)31-23)24(28)26-14-13-17-7-3-2-4-8-17/h5-7,9-12,15-16H,2-4,8,13-14H2,1H3,(H,26,28)(H,27,29).